The third kappa shape index (κ3) is 8.81. The lowest BCUT2D eigenvalue weighted by Crippen LogP contribution is -2.59. The average molecular weight is 812 g/mol. The molecule has 19 heteroatoms. The number of sulfonamides is 1. The van der Waals surface area contributed by atoms with E-state index in [1.54, 1.807) is 19.1 Å². The van der Waals surface area contributed by atoms with Crippen LogP contribution >= 0.6 is 0 Å². The van der Waals surface area contributed by atoms with Crippen molar-refractivity contribution < 1.29 is 59.4 Å². The SMILES string of the molecule is COc1cc(F)cc2c(O[C@@H]3C[C@H]4C(=O)N[C@]5(C(=O)NS(=O)(=O)C6CC6)CC5/C=C\CC[C@@H](C)C[C@@H](C)[C@H](NC(=O)O[C@H](C)C(F)(F)F)C(=O)N4C3)nccc12. The number of hydrogen-bond donors (Lipinski definition) is 3. The lowest BCUT2D eigenvalue weighted by molar-refractivity contribution is -0.197. The van der Waals surface area contributed by atoms with Crippen molar-refractivity contribution in [2.24, 2.45) is 17.8 Å². The predicted octanol–water partition coefficient (Wildman–Crippen LogP) is 4.27. The molecule has 3 heterocycles. The Morgan fingerprint density at radius 2 is 1.84 bits per heavy atom. The molecular weight excluding hydrogens is 766 g/mol. The number of carbonyl (C=O) groups excluding carboxylic acids is 4. The molecule has 1 aromatic carbocycles. The zero-order chi connectivity index (χ0) is 40.7. The molecule has 2 aliphatic carbocycles. The van der Waals surface area contributed by atoms with Crippen molar-refractivity contribution in [3.63, 3.8) is 0 Å². The van der Waals surface area contributed by atoms with E-state index in [4.69, 9.17) is 9.47 Å². The molecule has 0 spiro atoms. The quantitative estimate of drug-likeness (QED) is 0.257. The molecule has 2 aliphatic heterocycles. The molecule has 4 aliphatic rings. The maximum Gasteiger partial charge on any atom is 0.425 e. The van der Waals surface area contributed by atoms with Gasteiger partial charge in [0.15, 0.2) is 6.10 Å². The van der Waals surface area contributed by atoms with E-state index in [2.05, 4.69) is 25.1 Å². The van der Waals surface area contributed by atoms with Gasteiger partial charge in [-0.25, -0.2) is 22.6 Å². The van der Waals surface area contributed by atoms with E-state index >= 15 is 0 Å². The topological polar surface area (TPSA) is 182 Å². The number of methoxy groups -OCH3 is 1. The van der Waals surface area contributed by atoms with Gasteiger partial charge in [-0.05, 0) is 69.4 Å². The van der Waals surface area contributed by atoms with Gasteiger partial charge < -0.3 is 29.7 Å². The van der Waals surface area contributed by atoms with E-state index in [1.807, 2.05) is 13.0 Å². The number of halogens is 4. The standard InChI is InChI=1S/C37H45F4N5O9S/c1-19-7-5-6-8-22-17-36(22,34(49)45-56(51,52)25-9-10-25)44-31(47)28-16-24(55-32-27-14-23(38)15-29(53-4)26(27)11-12-42-32)18-46(28)33(48)30(20(2)13-19)43-35(50)54-21(3)37(39,40)41/h6,8,11-12,14-15,19-22,24-25,28,30H,5,7,9-10,13,16-18H2,1-4H3,(H,43,50)(H,44,47)(H,45,49)/b8-6-/t19-,20-,21-,22?,24-,28+,30+,36-/m1/s1. The number of alkyl halides is 3. The fourth-order valence-electron chi connectivity index (χ4n) is 7.50. The second-order valence-corrected chi connectivity index (χ2v) is 17.2. The summed E-state index contributed by atoms with van der Waals surface area (Å²) >= 11 is 0. The number of fused-ring (bicyclic) bond motifs is 3. The van der Waals surface area contributed by atoms with E-state index in [-0.39, 0.29) is 42.3 Å². The molecule has 3 fully saturated rings. The maximum atomic E-state index is 14.6. The highest BCUT2D eigenvalue weighted by Crippen LogP contribution is 2.46. The molecule has 8 atom stereocenters. The lowest BCUT2D eigenvalue weighted by atomic mass is 9.88. The number of nitrogens with zero attached hydrogens (tertiary/aromatic N) is 2. The van der Waals surface area contributed by atoms with Gasteiger partial charge in [-0.3, -0.25) is 19.1 Å². The van der Waals surface area contributed by atoms with Gasteiger partial charge in [-0.15, -0.1) is 0 Å². The van der Waals surface area contributed by atoms with E-state index < -0.39 is 92.7 Å². The van der Waals surface area contributed by atoms with E-state index in [9.17, 15) is 45.2 Å². The number of alkyl carbamates (subject to hydrolysis) is 1. The van der Waals surface area contributed by atoms with Gasteiger partial charge in [0, 0.05) is 30.0 Å². The van der Waals surface area contributed by atoms with E-state index in [1.165, 1.54) is 25.4 Å². The zero-order valence-electron chi connectivity index (χ0n) is 31.2. The summed E-state index contributed by atoms with van der Waals surface area (Å²) in [4.78, 5) is 61.0. The number of allylic oxidation sites excluding steroid dienone is 1. The second kappa shape index (κ2) is 15.7. The summed E-state index contributed by atoms with van der Waals surface area (Å²) in [6.07, 6.45) is -2.72. The molecule has 6 rings (SSSR count). The molecule has 306 valence electrons. The molecule has 0 bridgehead atoms. The number of rotatable bonds is 8. The molecule has 0 radical (unpaired) electrons. The van der Waals surface area contributed by atoms with E-state index in [0.29, 0.717) is 44.4 Å². The molecule has 2 saturated carbocycles. The first-order valence-corrected chi connectivity index (χ1v) is 20.1. The number of ether oxygens (including phenoxy) is 3. The highest BCUT2D eigenvalue weighted by Gasteiger charge is 2.62. The number of aromatic nitrogens is 1. The highest BCUT2D eigenvalue weighted by molar-refractivity contribution is 7.91. The Morgan fingerprint density at radius 3 is 2.52 bits per heavy atom. The van der Waals surface area contributed by atoms with Crippen molar-refractivity contribution in [2.75, 3.05) is 13.7 Å². The van der Waals surface area contributed by atoms with Crippen molar-refractivity contribution in [3.8, 4) is 11.6 Å². The van der Waals surface area contributed by atoms with Crippen molar-refractivity contribution in [3.05, 3.63) is 42.4 Å². The third-order valence-electron chi connectivity index (χ3n) is 10.9. The summed E-state index contributed by atoms with van der Waals surface area (Å²) in [6.45, 7) is 3.91. The number of nitrogens with one attached hydrogen (secondary N) is 3. The Balaban J connectivity index is 1.35. The van der Waals surface area contributed by atoms with Crippen LogP contribution in [0, 0.1) is 23.6 Å². The van der Waals surface area contributed by atoms with Crippen molar-refractivity contribution in [2.45, 2.75) is 107 Å². The maximum absolute atomic E-state index is 14.6. The summed E-state index contributed by atoms with van der Waals surface area (Å²) < 4.78 is 98.5. The predicted molar refractivity (Wildman–Crippen MR) is 192 cm³/mol. The van der Waals surface area contributed by atoms with Crippen molar-refractivity contribution in [1.82, 2.24) is 25.2 Å². The summed E-state index contributed by atoms with van der Waals surface area (Å²) in [6, 6.07) is 1.10. The molecule has 2 aromatic rings. The third-order valence-corrected chi connectivity index (χ3v) is 12.7. The van der Waals surface area contributed by atoms with Crippen LogP contribution in [0.5, 0.6) is 11.6 Å². The molecule has 1 aromatic heterocycles. The number of benzene rings is 1. The van der Waals surface area contributed by atoms with Crippen LogP contribution in [-0.2, 0) is 29.1 Å². The minimum absolute atomic E-state index is 0.0454. The monoisotopic (exact) mass is 811 g/mol. The zero-order valence-corrected chi connectivity index (χ0v) is 32.0. The van der Waals surface area contributed by atoms with Gasteiger partial charge in [0.05, 0.1) is 24.3 Å². The molecule has 1 saturated heterocycles. The first-order valence-electron chi connectivity index (χ1n) is 18.5. The van der Waals surface area contributed by atoms with Gasteiger partial charge >= 0.3 is 12.3 Å². The average Bonchev–Trinajstić information content (AvgIpc) is 4.05. The Morgan fingerprint density at radius 1 is 1.11 bits per heavy atom. The first-order chi connectivity index (χ1) is 26.3. The molecule has 1 unspecified atom stereocenters. The smallest absolute Gasteiger partial charge is 0.425 e. The minimum atomic E-state index is -4.87. The van der Waals surface area contributed by atoms with Gasteiger partial charge in [-0.1, -0.05) is 26.0 Å². The summed E-state index contributed by atoms with van der Waals surface area (Å²) in [5.41, 5.74) is -1.66. The van der Waals surface area contributed by atoms with E-state index in [0.717, 1.165) is 4.90 Å². The van der Waals surface area contributed by atoms with Crippen LogP contribution < -0.4 is 24.8 Å². The van der Waals surface area contributed by atoms with Gasteiger partial charge in [0.25, 0.3) is 5.91 Å². The fraction of sp³-hybridized carbons (Fsp3) is 0.595. The Hall–Kier alpha value is -4.68. The molecule has 14 nitrogen and oxygen atoms in total. The first kappa shape index (κ1) is 41.0. The van der Waals surface area contributed by atoms with Crippen LogP contribution in [0.2, 0.25) is 0 Å². The lowest BCUT2D eigenvalue weighted by Gasteiger charge is -2.33. The molecular formula is C37H45F4N5O9S. The summed E-state index contributed by atoms with van der Waals surface area (Å²) in [5, 5.41) is 5.02. The molecule has 56 heavy (non-hydrogen) atoms. The van der Waals surface area contributed by atoms with Crippen LogP contribution in [-0.4, -0.2) is 97.0 Å². The van der Waals surface area contributed by atoms with Crippen LogP contribution in [0.3, 0.4) is 0 Å². The van der Waals surface area contributed by atoms with Crippen LogP contribution in [0.4, 0.5) is 22.4 Å². The number of pyridine rings is 1. The van der Waals surface area contributed by atoms with Gasteiger partial charge in [0.1, 0.15) is 35.3 Å². The Kier molecular flexibility index (Phi) is 11.5. The van der Waals surface area contributed by atoms with Crippen molar-refractivity contribution >= 4 is 44.6 Å². The molecule has 4 amide bonds. The largest absolute Gasteiger partial charge is 0.496 e. The number of hydrogen-bond acceptors (Lipinski definition) is 10. The van der Waals surface area contributed by atoms with Crippen LogP contribution in [0.1, 0.15) is 65.7 Å². The fourth-order valence-corrected chi connectivity index (χ4v) is 8.86. The van der Waals surface area contributed by atoms with Crippen LogP contribution in [0.25, 0.3) is 10.8 Å². The highest BCUT2D eigenvalue weighted by atomic mass is 32.2. The second-order valence-electron chi connectivity index (χ2n) is 15.3. The Bertz CT molecular complexity index is 2010. The Labute approximate surface area is 321 Å². The normalized spacial score (nSPS) is 29.8. The van der Waals surface area contributed by atoms with Crippen molar-refractivity contribution in [1.29, 1.82) is 0 Å². The number of carbonyl (C=O) groups is 4. The number of amides is 4. The minimum Gasteiger partial charge on any atom is -0.496 e. The van der Waals surface area contributed by atoms with Gasteiger partial charge in [0.2, 0.25) is 27.7 Å². The summed E-state index contributed by atoms with van der Waals surface area (Å²) in [5.74, 6) is -4.37. The van der Waals surface area contributed by atoms with Gasteiger partial charge in [-0.2, -0.15) is 13.2 Å². The molecule has 3 N–H and O–H groups in total. The summed E-state index contributed by atoms with van der Waals surface area (Å²) in [7, 11) is -2.64. The van der Waals surface area contributed by atoms with Crippen LogP contribution in [0.15, 0.2) is 36.5 Å².